The molecule has 2 N–H and O–H groups in total. The third-order valence-corrected chi connectivity index (χ3v) is 5.65. The monoisotopic (exact) mass is 412 g/mol. The molecular weight excluding hydrogens is 384 g/mol. The molecule has 0 aliphatic heterocycles. The first kappa shape index (κ1) is 20.9. The van der Waals surface area contributed by atoms with Gasteiger partial charge in [0.05, 0.1) is 13.7 Å². The number of hydrogen-bond donors (Lipinski definition) is 2. The predicted octanol–water partition coefficient (Wildman–Crippen LogP) is 2.98. The van der Waals surface area contributed by atoms with Crippen LogP contribution >= 0.6 is 11.3 Å². The van der Waals surface area contributed by atoms with Gasteiger partial charge in [-0.2, -0.15) is 0 Å². The molecule has 154 valence electrons. The molecule has 0 amide bonds. The number of aromatic nitrogens is 3. The van der Waals surface area contributed by atoms with Gasteiger partial charge in [0.2, 0.25) is 0 Å². The fraction of sp³-hybridized carbons (Fsp3) is 0.381. The van der Waals surface area contributed by atoms with Crippen LogP contribution in [0.15, 0.2) is 41.4 Å². The zero-order valence-electron chi connectivity index (χ0n) is 17.4. The summed E-state index contributed by atoms with van der Waals surface area (Å²) in [7, 11) is 3.64. The molecule has 0 unspecified atom stereocenters. The quantitative estimate of drug-likeness (QED) is 0.439. The second kappa shape index (κ2) is 10.1. The van der Waals surface area contributed by atoms with Crippen molar-refractivity contribution < 1.29 is 4.74 Å². The molecule has 0 atom stereocenters. The van der Waals surface area contributed by atoms with Crippen molar-refractivity contribution in [2.75, 3.05) is 13.7 Å². The first-order chi connectivity index (χ1) is 14.0. The Kier molecular flexibility index (Phi) is 7.24. The van der Waals surface area contributed by atoms with Crippen LogP contribution in [0.25, 0.3) is 0 Å². The van der Waals surface area contributed by atoms with E-state index in [4.69, 9.17) is 9.73 Å². The molecule has 2 heterocycles. The molecule has 0 saturated carbocycles. The lowest BCUT2D eigenvalue weighted by molar-refractivity contribution is 0.414. The maximum absolute atomic E-state index is 5.22. The molecule has 3 aromatic rings. The summed E-state index contributed by atoms with van der Waals surface area (Å²) in [4.78, 5) is 7.29. The summed E-state index contributed by atoms with van der Waals surface area (Å²) in [5.74, 6) is 3.36. The van der Waals surface area contributed by atoms with E-state index in [2.05, 4.69) is 52.0 Å². The van der Waals surface area contributed by atoms with Crippen LogP contribution in [0.3, 0.4) is 0 Å². The number of nitrogens with zero attached hydrogens (tertiary/aromatic N) is 4. The minimum absolute atomic E-state index is 0.471. The third-order valence-electron chi connectivity index (χ3n) is 4.65. The van der Waals surface area contributed by atoms with Crippen molar-refractivity contribution in [2.45, 2.75) is 33.4 Å². The molecule has 0 fully saturated rings. The van der Waals surface area contributed by atoms with Gasteiger partial charge in [0, 0.05) is 23.3 Å². The van der Waals surface area contributed by atoms with Crippen molar-refractivity contribution in [1.82, 2.24) is 25.4 Å². The zero-order valence-corrected chi connectivity index (χ0v) is 18.2. The van der Waals surface area contributed by atoms with Crippen LogP contribution in [0.1, 0.15) is 27.0 Å². The highest BCUT2D eigenvalue weighted by atomic mass is 32.1. The molecule has 0 bridgehead atoms. The average Bonchev–Trinajstić information content (AvgIpc) is 3.29. The molecule has 0 aliphatic rings. The lowest BCUT2D eigenvalue weighted by atomic mass is 10.1. The van der Waals surface area contributed by atoms with E-state index in [1.54, 1.807) is 18.4 Å². The van der Waals surface area contributed by atoms with Crippen molar-refractivity contribution in [3.63, 3.8) is 0 Å². The van der Waals surface area contributed by atoms with Gasteiger partial charge in [0.25, 0.3) is 0 Å². The first-order valence-electron chi connectivity index (χ1n) is 9.60. The summed E-state index contributed by atoms with van der Waals surface area (Å²) in [6.07, 6.45) is 0.895. The van der Waals surface area contributed by atoms with Gasteiger partial charge in [0.1, 0.15) is 18.1 Å². The Hall–Kier alpha value is -2.87. The van der Waals surface area contributed by atoms with Crippen molar-refractivity contribution in [1.29, 1.82) is 0 Å². The van der Waals surface area contributed by atoms with Crippen LogP contribution in [0.5, 0.6) is 5.75 Å². The smallest absolute Gasteiger partial charge is 0.192 e. The number of guanidine groups is 1. The Morgan fingerprint density at radius 1 is 1.10 bits per heavy atom. The van der Waals surface area contributed by atoms with Gasteiger partial charge in [-0.25, -0.2) is 4.99 Å². The number of rotatable bonds is 8. The highest BCUT2D eigenvalue weighted by molar-refractivity contribution is 7.11. The SMILES string of the molecule is COc1ccc(CCNC(=NCc2nnc(C)n2C)NCc2ccc(C)s2)cc1. The number of benzene rings is 1. The number of aryl methyl sites for hydroxylation is 2. The van der Waals surface area contributed by atoms with E-state index in [1.807, 2.05) is 30.7 Å². The Morgan fingerprint density at radius 2 is 1.90 bits per heavy atom. The molecule has 8 heteroatoms. The van der Waals surface area contributed by atoms with Crippen LogP contribution in [0.4, 0.5) is 0 Å². The van der Waals surface area contributed by atoms with Crippen LogP contribution in [-0.2, 0) is 26.6 Å². The molecule has 0 spiro atoms. The molecule has 0 radical (unpaired) electrons. The molecular formula is C21H28N6OS. The van der Waals surface area contributed by atoms with Crippen LogP contribution in [0.2, 0.25) is 0 Å². The van der Waals surface area contributed by atoms with Gasteiger partial charge in [-0.3, -0.25) is 0 Å². The summed E-state index contributed by atoms with van der Waals surface area (Å²) in [6.45, 7) is 6.04. The topological polar surface area (TPSA) is 76.4 Å². The van der Waals surface area contributed by atoms with Gasteiger partial charge in [0.15, 0.2) is 11.8 Å². The largest absolute Gasteiger partial charge is 0.497 e. The lowest BCUT2D eigenvalue weighted by Gasteiger charge is -2.12. The minimum atomic E-state index is 0.471. The number of ether oxygens (including phenoxy) is 1. The Morgan fingerprint density at radius 3 is 2.52 bits per heavy atom. The lowest BCUT2D eigenvalue weighted by Crippen LogP contribution is -2.38. The predicted molar refractivity (Wildman–Crippen MR) is 117 cm³/mol. The van der Waals surface area contributed by atoms with Crippen LogP contribution in [-0.4, -0.2) is 34.4 Å². The van der Waals surface area contributed by atoms with Gasteiger partial charge in [-0.15, -0.1) is 21.5 Å². The van der Waals surface area contributed by atoms with E-state index in [1.165, 1.54) is 15.3 Å². The van der Waals surface area contributed by atoms with Gasteiger partial charge < -0.3 is 19.9 Å². The van der Waals surface area contributed by atoms with E-state index in [0.717, 1.165) is 42.9 Å². The number of methoxy groups -OCH3 is 1. The maximum Gasteiger partial charge on any atom is 0.192 e. The Bertz CT molecular complexity index is 944. The standard InChI is InChI=1S/C21H28N6OS/c1-15-5-10-19(29-15)13-23-21(24-14-20-26-25-16(2)27(20)3)22-12-11-17-6-8-18(28-4)9-7-17/h5-10H,11-14H2,1-4H3,(H2,22,23,24). The summed E-state index contributed by atoms with van der Waals surface area (Å²) in [6, 6.07) is 12.4. The van der Waals surface area contributed by atoms with Gasteiger partial charge >= 0.3 is 0 Å². The van der Waals surface area contributed by atoms with Crippen LogP contribution < -0.4 is 15.4 Å². The van der Waals surface area contributed by atoms with Gasteiger partial charge in [-0.1, -0.05) is 12.1 Å². The van der Waals surface area contributed by atoms with E-state index < -0.39 is 0 Å². The van der Waals surface area contributed by atoms with Crippen molar-refractivity contribution in [3.05, 3.63) is 63.4 Å². The molecule has 2 aromatic heterocycles. The van der Waals surface area contributed by atoms with Crippen molar-refractivity contribution >= 4 is 17.3 Å². The van der Waals surface area contributed by atoms with E-state index >= 15 is 0 Å². The van der Waals surface area contributed by atoms with Crippen molar-refractivity contribution in [2.24, 2.45) is 12.0 Å². The van der Waals surface area contributed by atoms with E-state index in [9.17, 15) is 0 Å². The number of thiophene rings is 1. The second-order valence-electron chi connectivity index (χ2n) is 6.78. The molecule has 0 saturated heterocycles. The Balaban J connectivity index is 1.60. The third kappa shape index (κ3) is 6.05. The molecule has 7 nitrogen and oxygen atoms in total. The highest BCUT2D eigenvalue weighted by Crippen LogP contribution is 2.14. The maximum atomic E-state index is 5.22. The van der Waals surface area contributed by atoms with Crippen molar-refractivity contribution in [3.8, 4) is 5.75 Å². The molecule has 0 aliphatic carbocycles. The van der Waals surface area contributed by atoms with E-state index in [-0.39, 0.29) is 0 Å². The zero-order chi connectivity index (χ0) is 20.6. The second-order valence-corrected chi connectivity index (χ2v) is 8.15. The number of nitrogens with one attached hydrogen (secondary N) is 2. The summed E-state index contributed by atoms with van der Waals surface area (Å²) in [5, 5.41) is 15.1. The fourth-order valence-electron chi connectivity index (χ4n) is 2.78. The molecule has 29 heavy (non-hydrogen) atoms. The normalized spacial score (nSPS) is 11.5. The fourth-order valence-corrected chi connectivity index (χ4v) is 3.61. The first-order valence-corrected chi connectivity index (χ1v) is 10.4. The summed E-state index contributed by atoms with van der Waals surface area (Å²) in [5.41, 5.74) is 1.25. The number of aliphatic imine (C=N–C) groups is 1. The van der Waals surface area contributed by atoms with E-state index in [0.29, 0.717) is 6.54 Å². The average molecular weight is 413 g/mol. The summed E-state index contributed by atoms with van der Waals surface area (Å²) < 4.78 is 7.18. The van der Waals surface area contributed by atoms with Crippen LogP contribution in [0, 0.1) is 13.8 Å². The summed E-state index contributed by atoms with van der Waals surface area (Å²) >= 11 is 1.79. The number of hydrogen-bond acceptors (Lipinski definition) is 5. The highest BCUT2D eigenvalue weighted by Gasteiger charge is 2.06. The molecule has 3 rings (SSSR count). The Labute approximate surface area is 175 Å². The molecule has 1 aromatic carbocycles. The minimum Gasteiger partial charge on any atom is -0.497 e. The van der Waals surface area contributed by atoms with Gasteiger partial charge in [-0.05, 0) is 50.1 Å².